The molecule has 0 aromatic heterocycles. The summed E-state index contributed by atoms with van der Waals surface area (Å²) < 4.78 is 63.6. The summed E-state index contributed by atoms with van der Waals surface area (Å²) in [6, 6.07) is 0. The van der Waals surface area contributed by atoms with Gasteiger partial charge in [0.1, 0.15) is 0 Å². The molecule has 1 heterocycles. The van der Waals surface area contributed by atoms with Crippen LogP contribution in [0.1, 0.15) is 33.1 Å². The Labute approximate surface area is 86.7 Å². The van der Waals surface area contributed by atoms with Crippen LogP contribution in [0.15, 0.2) is 0 Å². The standard InChI is InChI=1S/C8H13F3O3S/c1-7(2)4-3-6(5-8(9,10)11)15(12,13)14-7/h6H,3-5H2,1-2H3. The van der Waals surface area contributed by atoms with Crippen molar-refractivity contribution in [3.8, 4) is 0 Å². The van der Waals surface area contributed by atoms with Crippen molar-refractivity contribution in [2.24, 2.45) is 0 Å². The molecule has 1 fully saturated rings. The first-order chi connectivity index (χ1) is 6.52. The van der Waals surface area contributed by atoms with Crippen molar-refractivity contribution in [3.63, 3.8) is 0 Å². The molecular weight excluding hydrogens is 233 g/mol. The molecule has 1 rings (SSSR count). The fourth-order valence-electron chi connectivity index (χ4n) is 1.54. The summed E-state index contributed by atoms with van der Waals surface area (Å²) in [5.74, 6) is 0. The second kappa shape index (κ2) is 3.62. The summed E-state index contributed by atoms with van der Waals surface area (Å²) in [6.45, 7) is 3.10. The van der Waals surface area contributed by atoms with Crippen LogP contribution in [0.5, 0.6) is 0 Å². The lowest BCUT2D eigenvalue weighted by Gasteiger charge is -2.33. The van der Waals surface area contributed by atoms with Gasteiger partial charge in [0.25, 0.3) is 10.1 Å². The summed E-state index contributed by atoms with van der Waals surface area (Å²) in [5.41, 5.74) is -0.888. The predicted molar refractivity (Wildman–Crippen MR) is 47.8 cm³/mol. The van der Waals surface area contributed by atoms with Crippen LogP contribution in [0, 0.1) is 0 Å². The van der Waals surface area contributed by atoms with E-state index >= 15 is 0 Å². The van der Waals surface area contributed by atoms with E-state index in [-0.39, 0.29) is 6.42 Å². The van der Waals surface area contributed by atoms with Crippen molar-refractivity contribution in [1.29, 1.82) is 0 Å². The normalized spacial score (nSPS) is 30.1. The van der Waals surface area contributed by atoms with Crippen molar-refractivity contribution in [2.45, 2.75) is 50.1 Å². The maximum Gasteiger partial charge on any atom is 0.390 e. The summed E-state index contributed by atoms with van der Waals surface area (Å²) in [5, 5.41) is -1.45. The molecule has 0 N–H and O–H groups in total. The van der Waals surface area contributed by atoms with Crippen LogP contribution in [0.2, 0.25) is 0 Å². The first kappa shape index (κ1) is 12.8. The first-order valence-corrected chi connectivity index (χ1v) is 6.00. The molecule has 7 heteroatoms. The highest BCUT2D eigenvalue weighted by atomic mass is 32.2. The average molecular weight is 246 g/mol. The zero-order chi connectivity index (χ0) is 11.9. The molecule has 15 heavy (non-hydrogen) atoms. The molecule has 0 bridgehead atoms. The van der Waals surface area contributed by atoms with Gasteiger partial charge in [0.2, 0.25) is 0 Å². The summed E-state index contributed by atoms with van der Waals surface area (Å²) in [4.78, 5) is 0. The SMILES string of the molecule is CC1(C)CCC(CC(F)(F)F)S(=O)(=O)O1. The van der Waals surface area contributed by atoms with Crippen LogP contribution in [0.3, 0.4) is 0 Å². The highest BCUT2D eigenvalue weighted by Crippen LogP contribution is 2.36. The molecule has 0 aliphatic carbocycles. The lowest BCUT2D eigenvalue weighted by molar-refractivity contribution is -0.136. The maximum absolute atomic E-state index is 12.1. The molecule has 0 aromatic rings. The van der Waals surface area contributed by atoms with Gasteiger partial charge in [-0.05, 0) is 26.7 Å². The highest BCUT2D eigenvalue weighted by molar-refractivity contribution is 7.87. The Morgan fingerprint density at radius 2 is 1.93 bits per heavy atom. The summed E-state index contributed by atoms with van der Waals surface area (Å²) in [7, 11) is -4.08. The van der Waals surface area contributed by atoms with Crippen molar-refractivity contribution < 1.29 is 25.8 Å². The number of halogens is 3. The minimum Gasteiger partial charge on any atom is -0.264 e. The smallest absolute Gasteiger partial charge is 0.264 e. The van der Waals surface area contributed by atoms with Crippen molar-refractivity contribution in [2.75, 3.05) is 0 Å². The Balaban J connectivity index is 2.79. The molecule has 1 atom stereocenters. The number of hydrogen-bond donors (Lipinski definition) is 0. The lowest BCUT2D eigenvalue weighted by atomic mass is 10.0. The topological polar surface area (TPSA) is 43.4 Å². The van der Waals surface area contributed by atoms with Crippen molar-refractivity contribution >= 4 is 10.1 Å². The number of rotatable bonds is 1. The molecule has 90 valence electrons. The lowest BCUT2D eigenvalue weighted by Crippen LogP contribution is -2.42. The van der Waals surface area contributed by atoms with Gasteiger partial charge in [0.05, 0.1) is 17.3 Å². The predicted octanol–water partition coefficient (Wildman–Crippen LogP) is 2.23. The zero-order valence-corrected chi connectivity index (χ0v) is 9.28. The van der Waals surface area contributed by atoms with E-state index < -0.39 is 33.6 Å². The van der Waals surface area contributed by atoms with E-state index in [1.807, 2.05) is 0 Å². The highest BCUT2D eigenvalue weighted by Gasteiger charge is 2.45. The molecule has 0 amide bonds. The molecular formula is C8H13F3O3S. The monoisotopic (exact) mass is 246 g/mol. The van der Waals surface area contributed by atoms with Crippen LogP contribution in [-0.4, -0.2) is 25.4 Å². The molecule has 1 aliphatic heterocycles. The summed E-state index contributed by atoms with van der Waals surface area (Å²) >= 11 is 0. The molecule has 3 nitrogen and oxygen atoms in total. The average Bonchev–Trinajstić information content (AvgIpc) is 1.90. The Hall–Kier alpha value is -0.300. The zero-order valence-electron chi connectivity index (χ0n) is 8.47. The van der Waals surface area contributed by atoms with E-state index in [2.05, 4.69) is 0 Å². The van der Waals surface area contributed by atoms with Gasteiger partial charge in [-0.15, -0.1) is 0 Å². The Bertz CT molecular complexity index is 332. The molecule has 1 saturated heterocycles. The molecule has 0 aromatic carbocycles. The van der Waals surface area contributed by atoms with E-state index in [4.69, 9.17) is 4.18 Å². The van der Waals surface area contributed by atoms with Gasteiger partial charge in [-0.1, -0.05) is 0 Å². The van der Waals surface area contributed by atoms with Gasteiger partial charge in [0, 0.05) is 0 Å². The largest absolute Gasteiger partial charge is 0.390 e. The maximum atomic E-state index is 12.1. The van der Waals surface area contributed by atoms with E-state index in [1.54, 1.807) is 13.8 Å². The van der Waals surface area contributed by atoms with Crippen LogP contribution >= 0.6 is 0 Å². The Morgan fingerprint density at radius 1 is 1.40 bits per heavy atom. The fraction of sp³-hybridized carbons (Fsp3) is 1.00. The minimum absolute atomic E-state index is 0.00512. The van der Waals surface area contributed by atoms with Gasteiger partial charge in [0.15, 0.2) is 0 Å². The van der Waals surface area contributed by atoms with Gasteiger partial charge in [-0.3, -0.25) is 4.18 Å². The number of alkyl halides is 3. The second-order valence-corrected chi connectivity index (χ2v) is 6.13. The molecule has 0 spiro atoms. The van der Waals surface area contributed by atoms with E-state index in [9.17, 15) is 21.6 Å². The van der Waals surface area contributed by atoms with E-state index in [1.165, 1.54) is 0 Å². The van der Waals surface area contributed by atoms with Crippen LogP contribution < -0.4 is 0 Å². The summed E-state index contributed by atoms with van der Waals surface area (Å²) in [6.07, 6.45) is -5.49. The third-order valence-electron chi connectivity index (χ3n) is 2.28. The Morgan fingerprint density at radius 3 is 2.33 bits per heavy atom. The fourth-order valence-corrected chi connectivity index (χ4v) is 3.19. The van der Waals surface area contributed by atoms with Crippen LogP contribution in [0.4, 0.5) is 13.2 Å². The van der Waals surface area contributed by atoms with E-state index in [0.29, 0.717) is 6.42 Å². The minimum atomic E-state index is -4.47. The number of hydrogen-bond acceptors (Lipinski definition) is 3. The van der Waals surface area contributed by atoms with E-state index in [0.717, 1.165) is 0 Å². The van der Waals surface area contributed by atoms with Gasteiger partial charge < -0.3 is 0 Å². The molecule has 0 saturated carbocycles. The molecule has 1 unspecified atom stereocenters. The van der Waals surface area contributed by atoms with Crippen LogP contribution in [-0.2, 0) is 14.3 Å². The Kier molecular flexibility index (Phi) is 3.08. The van der Waals surface area contributed by atoms with Crippen molar-refractivity contribution in [1.82, 2.24) is 0 Å². The quantitative estimate of drug-likeness (QED) is 0.666. The molecule has 0 radical (unpaired) electrons. The third kappa shape index (κ3) is 3.64. The van der Waals surface area contributed by atoms with Crippen molar-refractivity contribution in [3.05, 3.63) is 0 Å². The van der Waals surface area contributed by atoms with Gasteiger partial charge >= 0.3 is 6.18 Å². The van der Waals surface area contributed by atoms with Gasteiger partial charge in [-0.25, -0.2) is 0 Å². The van der Waals surface area contributed by atoms with Gasteiger partial charge in [-0.2, -0.15) is 21.6 Å². The molecule has 1 aliphatic rings. The third-order valence-corrected chi connectivity index (χ3v) is 4.18. The second-order valence-electron chi connectivity index (χ2n) is 4.32. The van der Waals surface area contributed by atoms with Crippen LogP contribution in [0.25, 0.3) is 0 Å². The first-order valence-electron chi connectivity index (χ1n) is 4.53.